The number of hydrogen-bond donors (Lipinski definition) is 0. The van der Waals surface area contributed by atoms with Gasteiger partial charge in [0.05, 0.1) is 5.56 Å². The van der Waals surface area contributed by atoms with E-state index < -0.39 is 11.7 Å². The van der Waals surface area contributed by atoms with E-state index in [0.717, 1.165) is 142 Å². The summed E-state index contributed by atoms with van der Waals surface area (Å²) >= 11 is 37.3. The number of piperidine rings is 3. The molecule has 22 heteroatoms. The monoisotopic (exact) mass is 1530 g/mol. The molecule has 0 saturated carbocycles. The van der Waals surface area contributed by atoms with E-state index in [1.165, 1.54) is 47.2 Å². The lowest BCUT2D eigenvalue weighted by Gasteiger charge is -2.39. The molecule has 0 atom stereocenters. The van der Waals surface area contributed by atoms with Gasteiger partial charge in [0.2, 0.25) is 0 Å². The molecule has 0 aliphatic carbocycles. The highest BCUT2D eigenvalue weighted by Gasteiger charge is 2.50. The topological polar surface area (TPSA) is 109 Å². The lowest BCUT2D eigenvalue weighted by atomic mass is 9.74. The van der Waals surface area contributed by atoms with Crippen LogP contribution in [-0.4, -0.2) is 126 Å². The molecule has 540 valence electrons. The summed E-state index contributed by atoms with van der Waals surface area (Å²) in [5.41, 5.74) is 10.9. The van der Waals surface area contributed by atoms with Gasteiger partial charge in [0.15, 0.2) is 0 Å². The molecule has 3 amide bonds. The summed E-state index contributed by atoms with van der Waals surface area (Å²) < 4.78 is 51.4. The minimum atomic E-state index is -4.33. The molecule has 9 heterocycles. The standard InChI is InChI=1S/C28H24Cl2F3N3O.C28H27Cl2N3O.C27H24Cl2FN3O/c29-22-7-8-24-23(17-22)27(18-36(24)26(37)20-9-12-34-25(30)16-20)10-14-35(15-11-27)13-1-2-19-3-5-21(6-4-19)28(31,32)33;1-20-4-6-21(7-5-20)3-2-14-32-15-11-28(12-16-32)19-33(25-9-8-23(29)18-24(25)28)27(34)22-10-13-31-26(30)17-22;28-21-5-8-24-23(17-21)27(18-33(24)26(34)20-9-12-31-25(29)16-20)10-14-32(15-11-27)13-1-2-19-3-6-22(30)7-4-19/h1-9,12,16-17H,10-11,13-15,18H2;2-10,13,17-18H,11-12,14-16,19H2,1H3;1-9,12,16-17H,10-11,13-15,18H2/b2-1+;3-2+;2-1+. The Balaban J connectivity index is 0.000000140. The number of fused-ring (bicyclic) bond motifs is 6. The van der Waals surface area contributed by atoms with Crippen LogP contribution in [0.15, 0.2) is 201 Å². The van der Waals surface area contributed by atoms with E-state index in [1.807, 2.05) is 75.4 Å². The fourth-order valence-electron chi connectivity index (χ4n) is 15.4. The number of pyridine rings is 3. The first kappa shape index (κ1) is 75.0. The van der Waals surface area contributed by atoms with Crippen molar-refractivity contribution in [2.75, 3.05) is 93.2 Å². The van der Waals surface area contributed by atoms with Crippen molar-refractivity contribution in [1.29, 1.82) is 0 Å². The van der Waals surface area contributed by atoms with Crippen LogP contribution in [0.4, 0.5) is 34.6 Å². The summed E-state index contributed by atoms with van der Waals surface area (Å²) in [4.78, 5) is 65.0. The normalized spacial score (nSPS) is 17.5. The Morgan fingerprint density at radius 1 is 0.410 bits per heavy atom. The number of anilines is 3. The summed E-state index contributed by atoms with van der Waals surface area (Å²) in [5, 5.41) is 2.93. The number of aromatic nitrogens is 3. The highest BCUT2D eigenvalue weighted by atomic mass is 35.5. The fraction of sp³-hybridized carbons (Fsp3) is 0.277. The number of hydrogen-bond acceptors (Lipinski definition) is 9. The van der Waals surface area contributed by atoms with Gasteiger partial charge in [-0.15, -0.1) is 0 Å². The molecule has 3 spiro atoms. The molecule has 0 radical (unpaired) electrons. The SMILES string of the molecule is Cc1ccc(/C=C/CN2CCC3(CC2)CN(C(=O)c2ccnc(Cl)c2)c2ccc(Cl)cc23)cc1.O=C(c1ccnc(Cl)c1)N1CC2(CCN(C/C=C/c3ccc(C(F)(F)F)cc3)CC2)c2cc(Cl)ccc21.O=C(c1ccnc(Cl)c1)N1CC2(CCN(C/C=C/c3ccc(F)cc3)CC2)c2cc(Cl)ccc21. The van der Waals surface area contributed by atoms with Crippen molar-refractivity contribution in [2.24, 2.45) is 0 Å². The van der Waals surface area contributed by atoms with Crippen molar-refractivity contribution in [3.8, 4) is 0 Å². The molecule has 0 unspecified atom stereocenters. The van der Waals surface area contributed by atoms with Gasteiger partial charge in [0, 0.05) is 123 Å². The zero-order valence-electron chi connectivity index (χ0n) is 57.5. The Bertz CT molecular complexity index is 4550. The predicted octanol–water partition coefficient (Wildman–Crippen LogP) is 19.8. The molecule has 6 aliphatic heterocycles. The summed E-state index contributed by atoms with van der Waals surface area (Å²) in [6.07, 6.45) is 18.3. The Hall–Kier alpha value is -8.26. The third kappa shape index (κ3) is 17.4. The smallest absolute Gasteiger partial charge is 0.307 e. The van der Waals surface area contributed by atoms with E-state index in [9.17, 15) is 31.9 Å². The molecular weight excluding hydrogens is 1460 g/mol. The van der Waals surface area contributed by atoms with Crippen LogP contribution in [0.25, 0.3) is 18.2 Å². The van der Waals surface area contributed by atoms with Gasteiger partial charge in [-0.05, 0) is 233 Å². The third-order valence-electron chi connectivity index (χ3n) is 21.1. The third-order valence-corrected chi connectivity index (χ3v) is 22.5. The maximum atomic E-state index is 13.4. The minimum Gasteiger partial charge on any atom is -0.307 e. The highest BCUT2D eigenvalue weighted by molar-refractivity contribution is 6.32. The first-order valence-corrected chi connectivity index (χ1v) is 37.2. The number of amides is 3. The molecular formula is C83H75Cl6F4N9O3. The second-order valence-corrected chi connectivity index (χ2v) is 30.3. The molecule has 15 rings (SSSR count). The molecule has 6 aliphatic rings. The lowest BCUT2D eigenvalue weighted by Crippen LogP contribution is -2.46. The molecule has 0 bridgehead atoms. The second-order valence-electron chi connectivity index (χ2n) is 27.8. The van der Waals surface area contributed by atoms with Gasteiger partial charge in [-0.2, -0.15) is 13.2 Å². The van der Waals surface area contributed by atoms with Crippen LogP contribution in [0.2, 0.25) is 30.5 Å². The lowest BCUT2D eigenvalue weighted by molar-refractivity contribution is -0.137. The Morgan fingerprint density at radius 3 is 1.00 bits per heavy atom. The van der Waals surface area contributed by atoms with E-state index in [0.29, 0.717) is 68.2 Å². The summed E-state index contributed by atoms with van der Waals surface area (Å²) in [6, 6.07) is 47.5. The van der Waals surface area contributed by atoms with Crippen LogP contribution in [0.3, 0.4) is 0 Å². The largest absolute Gasteiger partial charge is 0.416 e. The second kappa shape index (κ2) is 32.4. The number of carbonyl (C=O) groups excluding carboxylic acids is 3. The van der Waals surface area contributed by atoms with Crippen LogP contribution < -0.4 is 14.7 Å². The number of nitrogens with zero attached hydrogens (tertiary/aromatic N) is 9. The average molecular weight is 1540 g/mol. The minimum absolute atomic E-state index is 0.0480. The number of halogens is 10. The van der Waals surface area contributed by atoms with E-state index >= 15 is 0 Å². The highest BCUT2D eigenvalue weighted by Crippen LogP contribution is 2.52. The van der Waals surface area contributed by atoms with Crippen LogP contribution in [0, 0.1) is 12.7 Å². The zero-order chi connectivity index (χ0) is 73.6. The molecule has 0 N–H and O–H groups in total. The number of carbonyl (C=O) groups is 3. The van der Waals surface area contributed by atoms with Crippen LogP contribution in [0.1, 0.15) is 114 Å². The molecule has 3 fully saturated rings. The molecule has 12 nitrogen and oxygen atoms in total. The Labute approximate surface area is 639 Å². The van der Waals surface area contributed by atoms with Crippen LogP contribution in [0.5, 0.6) is 0 Å². The van der Waals surface area contributed by atoms with Gasteiger partial charge in [0.25, 0.3) is 17.7 Å². The van der Waals surface area contributed by atoms with Crippen molar-refractivity contribution in [3.05, 3.63) is 298 Å². The Morgan fingerprint density at radius 2 is 0.705 bits per heavy atom. The van der Waals surface area contributed by atoms with E-state index in [4.69, 9.17) is 69.6 Å². The van der Waals surface area contributed by atoms with Gasteiger partial charge in [-0.25, -0.2) is 19.3 Å². The van der Waals surface area contributed by atoms with Gasteiger partial charge < -0.3 is 14.7 Å². The van der Waals surface area contributed by atoms with E-state index in [2.05, 4.69) is 85.1 Å². The molecule has 6 aromatic carbocycles. The van der Waals surface area contributed by atoms with Gasteiger partial charge in [-0.3, -0.25) is 29.1 Å². The molecule has 9 aromatic rings. The van der Waals surface area contributed by atoms with Crippen molar-refractivity contribution < 1.29 is 31.9 Å². The number of likely N-dealkylation sites (tertiary alicyclic amines) is 3. The quantitative estimate of drug-likeness (QED) is 0.0872. The zero-order valence-corrected chi connectivity index (χ0v) is 62.1. The van der Waals surface area contributed by atoms with Gasteiger partial charge in [0.1, 0.15) is 21.3 Å². The first-order chi connectivity index (χ1) is 50.5. The van der Waals surface area contributed by atoms with Gasteiger partial charge >= 0.3 is 6.18 Å². The van der Waals surface area contributed by atoms with Crippen molar-refractivity contribution in [2.45, 2.75) is 67.9 Å². The van der Waals surface area contributed by atoms with Crippen LogP contribution in [-0.2, 0) is 22.4 Å². The number of alkyl halides is 3. The number of rotatable bonds is 12. The van der Waals surface area contributed by atoms with Crippen LogP contribution >= 0.6 is 69.6 Å². The summed E-state index contributed by atoms with van der Waals surface area (Å²) in [5.74, 6) is -0.468. The summed E-state index contributed by atoms with van der Waals surface area (Å²) in [6.45, 7) is 11.8. The molecule has 3 saturated heterocycles. The first-order valence-electron chi connectivity index (χ1n) is 34.9. The molecule has 105 heavy (non-hydrogen) atoms. The Kier molecular flexibility index (Phi) is 23.2. The van der Waals surface area contributed by atoms with Gasteiger partial charge in [-0.1, -0.05) is 160 Å². The predicted molar refractivity (Wildman–Crippen MR) is 415 cm³/mol. The number of aryl methyl sites for hydroxylation is 1. The maximum Gasteiger partial charge on any atom is 0.416 e. The molecule has 3 aromatic heterocycles. The fourth-order valence-corrected chi connectivity index (χ4v) is 16.4. The average Bonchev–Trinajstić information content (AvgIpc) is 1.60. The van der Waals surface area contributed by atoms with Crippen molar-refractivity contribution >= 4 is 123 Å². The van der Waals surface area contributed by atoms with Crippen molar-refractivity contribution in [3.63, 3.8) is 0 Å². The van der Waals surface area contributed by atoms with E-state index in [1.54, 1.807) is 67.0 Å². The van der Waals surface area contributed by atoms with Crippen molar-refractivity contribution in [1.82, 2.24) is 29.7 Å². The summed E-state index contributed by atoms with van der Waals surface area (Å²) in [7, 11) is 0. The number of benzene rings is 6. The maximum absolute atomic E-state index is 13.4. The van der Waals surface area contributed by atoms with E-state index in [-0.39, 0.29) is 44.9 Å².